The van der Waals surface area contributed by atoms with Crippen LogP contribution in [0, 0.1) is 0 Å². The van der Waals surface area contributed by atoms with Crippen LogP contribution in [0.3, 0.4) is 0 Å². The third kappa shape index (κ3) is 4.52. The SMILES string of the molecule is O=C(O)/C=C/c1ccc(OCc2c(Cl)cccc2Cl)cc1. The van der Waals surface area contributed by atoms with Gasteiger partial charge in [-0.1, -0.05) is 41.4 Å². The number of carboxylic acids is 1. The molecule has 0 heterocycles. The lowest BCUT2D eigenvalue weighted by Gasteiger charge is -2.09. The maximum absolute atomic E-state index is 10.4. The van der Waals surface area contributed by atoms with Crippen LogP contribution in [-0.4, -0.2) is 11.1 Å². The van der Waals surface area contributed by atoms with Crippen molar-refractivity contribution < 1.29 is 14.6 Å². The van der Waals surface area contributed by atoms with Crippen molar-refractivity contribution in [3.8, 4) is 5.75 Å². The third-order valence-electron chi connectivity index (χ3n) is 2.74. The van der Waals surface area contributed by atoms with E-state index in [0.717, 1.165) is 17.2 Å². The summed E-state index contributed by atoms with van der Waals surface area (Å²) in [4.78, 5) is 10.4. The lowest BCUT2D eigenvalue weighted by atomic mass is 10.2. The molecule has 0 aromatic heterocycles. The second kappa shape index (κ2) is 7.16. The van der Waals surface area contributed by atoms with Crippen molar-refractivity contribution in [3.63, 3.8) is 0 Å². The molecule has 2 rings (SSSR count). The summed E-state index contributed by atoms with van der Waals surface area (Å²) in [5.74, 6) is -0.331. The number of hydrogen-bond donors (Lipinski definition) is 1. The molecule has 0 aliphatic heterocycles. The second-order valence-electron chi connectivity index (χ2n) is 4.23. The minimum absolute atomic E-state index is 0.267. The topological polar surface area (TPSA) is 46.5 Å². The Balaban J connectivity index is 2.02. The number of hydrogen-bond acceptors (Lipinski definition) is 2. The summed E-state index contributed by atoms with van der Waals surface area (Å²) >= 11 is 12.1. The van der Waals surface area contributed by atoms with Gasteiger partial charge in [0.15, 0.2) is 0 Å². The molecule has 0 saturated carbocycles. The van der Waals surface area contributed by atoms with E-state index in [-0.39, 0.29) is 6.61 Å². The van der Waals surface area contributed by atoms with Crippen molar-refractivity contribution in [1.29, 1.82) is 0 Å². The van der Waals surface area contributed by atoms with Gasteiger partial charge in [-0.3, -0.25) is 0 Å². The van der Waals surface area contributed by atoms with Gasteiger partial charge in [0, 0.05) is 21.7 Å². The van der Waals surface area contributed by atoms with Crippen molar-refractivity contribution in [2.75, 3.05) is 0 Å². The number of benzene rings is 2. The van der Waals surface area contributed by atoms with E-state index in [9.17, 15) is 4.79 Å². The van der Waals surface area contributed by atoms with E-state index in [0.29, 0.717) is 15.8 Å². The highest BCUT2D eigenvalue weighted by molar-refractivity contribution is 6.35. The summed E-state index contributed by atoms with van der Waals surface area (Å²) in [6.45, 7) is 0.267. The first-order valence-corrected chi connectivity index (χ1v) is 6.88. The normalized spacial score (nSPS) is 10.8. The first-order valence-electron chi connectivity index (χ1n) is 6.13. The molecule has 0 bridgehead atoms. The molecule has 21 heavy (non-hydrogen) atoms. The maximum atomic E-state index is 10.4. The highest BCUT2D eigenvalue weighted by Gasteiger charge is 2.06. The van der Waals surface area contributed by atoms with Crippen molar-refractivity contribution >= 4 is 35.2 Å². The van der Waals surface area contributed by atoms with E-state index < -0.39 is 5.97 Å². The Morgan fingerprint density at radius 2 is 1.71 bits per heavy atom. The fourth-order valence-corrected chi connectivity index (χ4v) is 2.17. The predicted molar refractivity (Wildman–Crippen MR) is 83.9 cm³/mol. The van der Waals surface area contributed by atoms with Crippen LogP contribution in [0.5, 0.6) is 5.75 Å². The van der Waals surface area contributed by atoms with Crippen molar-refractivity contribution in [3.05, 3.63) is 69.7 Å². The number of rotatable bonds is 5. The molecule has 0 unspecified atom stereocenters. The molecule has 0 aliphatic rings. The maximum Gasteiger partial charge on any atom is 0.328 e. The molecule has 0 aliphatic carbocycles. The van der Waals surface area contributed by atoms with Crippen LogP contribution >= 0.6 is 23.2 Å². The predicted octanol–water partition coefficient (Wildman–Crippen LogP) is 4.67. The van der Waals surface area contributed by atoms with Crippen LogP contribution in [0.15, 0.2) is 48.5 Å². The van der Waals surface area contributed by atoms with Gasteiger partial charge in [-0.2, -0.15) is 0 Å². The summed E-state index contributed by atoms with van der Waals surface area (Å²) in [5.41, 5.74) is 1.51. The average molecular weight is 323 g/mol. The first kappa shape index (κ1) is 15.4. The van der Waals surface area contributed by atoms with E-state index >= 15 is 0 Å². The van der Waals surface area contributed by atoms with Crippen LogP contribution in [0.2, 0.25) is 10.0 Å². The van der Waals surface area contributed by atoms with Gasteiger partial charge in [0.25, 0.3) is 0 Å². The summed E-state index contributed by atoms with van der Waals surface area (Å²) < 4.78 is 5.62. The smallest absolute Gasteiger partial charge is 0.328 e. The van der Waals surface area contributed by atoms with Gasteiger partial charge in [-0.25, -0.2) is 4.79 Å². The van der Waals surface area contributed by atoms with Crippen LogP contribution in [0.4, 0.5) is 0 Å². The monoisotopic (exact) mass is 322 g/mol. The summed E-state index contributed by atoms with van der Waals surface area (Å²) in [6.07, 6.45) is 2.59. The van der Waals surface area contributed by atoms with Crippen molar-refractivity contribution in [2.45, 2.75) is 6.61 Å². The molecule has 0 saturated heterocycles. The van der Waals surface area contributed by atoms with Crippen molar-refractivity contribution in [2.24, 2.45) is 0 Å². The van der Waals surface area contributed by atoms with Crippen LogP contribution < -0.4 is 4.74 Å². The van der Waals surface area contributed by atoms with Gasteiger partial charge in [-0.15, -0.1) is 0 Å². The number of carboxylic acid groups (broad SMARTS) is 1. The van der Waals surface area contributed by atoms with Gasteiger partial charge in [-0.05, 0) is 35.9 Å². The van der Waals surface area contributed by atoms with Gasteiger partial charge < -0.3 is 9.84 Å². The number of ether oxygens (including phenoxy) is 1. The van der Waals surface area contributed by atoms with E-state index in [2.05, 4.69) is 0 Å². The van der Waals surface area contributed by atoms with Crippen LogP contribution in [0.1, 0.15) is 11.1 Å². The summed E-state index contributed by atoms with van der Waals surface area (Å²) in [6, 6.07) is 12.3. The minimum atomic E-state index is -0.983. The molecule has 108 valence electrons. The zero-order valence-corrected chi connectivity index (χ0v) is 12.4. The number of carbonyl (C=O) groups is 1. The number of halogens is 2. The Morgan fingerprint density at radius 3 is 2.29 bits per heavy atom. The van der Waals surface area contributed by atoms with Gasteiger partial charge in [0.05, 0.1) is 0 Å². The van der Waals surface area contributed by atoms with E-state index in [1.165, 1.54) is 6.08 Å². The minimum Gasteiger partial charge on any atom is -0.489 e. The Bertz CT molecular complexity index is 643. The fourth-order valence-electron chi connectivity index (χ4n) is 1.67. The Labute approximate surface area is 132 Å². The summed E-state index contributed by atoms with van der Waals surface area (Å²) in [7, 11) is 0. The quantitative estimate of drug-likeness (QED) is 0.813. The van der Waals surface area contributed by atoms with Crippen molar-refractivity contribution in [1.82, 2.24) is 0 Å². The molecule has 0 radical (unpaired) electrons. The molecular formula is C16H12Cl2O3. The van der Waals surface area contributed by atoms with Crippen LogP contribution in [0.25, 0.3) is 6.08 Å². The molecule has 1 N–H and O–H groups in total. The Hall–Kier alpha value is -1.97. The zero-order chi connectivity index (χ0) is 15.2. The zero-order valence-electron chi connectivity index (χ0n) is 10.9. The molecule has 2 aromatic carbocycles. The Morgan fingerprint density at radius 1 is 1.10 bits per heavy atom. The standard InChI is InChI=1S/C16H12Cl2O3/c17-14-2-1-3-15(18)13(14)10-21-12-7-4-11(5-8-12)6-9-16(19)20/h1-9H,10H2,(H,19,20)/b9-6+. The Kier molecular flexibility index (Phi) is 5.26. The molecule has 3 nitrogen and oxygen atoms in total. The lowest BCUT2D eigenvalue weighted by molar-refractivity contribution is -0.131. The van der Waals surface area contributed by atoms with Crippen LogP contribution in [-0.2, 0) is 11.4 Å². The summed E-state index contributed by atoms with van der Waals surface area (Å²) in [5, 5.41) is 9.67. The fraction of sp³-hybridized carbons (Fsp3) is 0.0625. The molecule has 0 spiro atoms. The molecule has 2 aromatic rings. The molecule has 0 amide bonds. The molecule has 0 atom stereocenters. The van der Waals surface area contributed by atoms with Gasteiger partial charge >= 0.3 is 5.97 Å². The first-order chi connectivity index (χ1) is 10.1. The van der Waals surface area contributed by atoms with Gasteiger partial charge in [0.1, 0.15) is 12.4 Å². The molecule has 0 fully saturated rings. The van der Waals surface area contributed by atoms with Gasteiger partial charge in [0.2, 0.25) is 0 Å². The van der Waals surface area contributed by atoms with E-state index in [4.69, 9.17) is 33.0 Å². The number of aliphatic carboxylic acids is 1. The molecular weight excluding hydrogens is 311 g/mol. The second-order valence-corrected chi connectivity index (χ2v) is 5.04. The largest absolute Gasteiger partial charge is 0.489 e. The highest BCUT2D eigenvalue weighted by Crippen LogP contribution is 2.26. The van der Waals surface area contributed by atoms with E-state index in [1.807, 2.05) is 0 Å². The average Bonchev–Trinajstić information content (AvgIpc) is 2.46. The highest BCUT2D eigenvalue weighted by atomic mass is 35.5. The third-order valence-corrected chi connectivity index (χ3v) is 3.45. The lowest BCUT2D eigenvalue weighted by Crippen LogP contribution is -1.97. The van der Waals surface area contributed by atoms with E-state index in [1.54, 1.807) is 42.5 Å². The molecule has 5 heteroatoms.